The van der Waals surface area contributed by atoms with E-state index in [1.165, 1.54) is 15.9 Å². The first kappa shape index (κ1) is 15.6. The molecule has 10 heteroatoms. The van der Waals surface area contributed by atoms with Crippen molar-refractivity contribution in [2.45, 2.75) is 6.54 Å². The van der Waals surface area contributed by atoms with Crippen molar-refractivity contribution in [3.63, 3.8) is 0 Å². The Morgan fingerprint density at radius 1 is 1.24 bits per heavy atom. The van der Waals surface area contributed by atoms with Gasteiger partial charge in [-0.25, -0.2) is 15.1 Å². The van der Waals surface area contributed by atoms with Gasteiger partial charge >= 0.3 is 0 Å². The highest BCUT2D eigenvalue weighted by Gasteiger charge is 2.10. The smallest absolute Gasteiger partial charge is 0.263 e. The number of nitrogens with zero attached hydrogens (tertiary/aromatic N) is 6. The number of aromatic amines is 1. The molecule has 124 valence electrons. The molecule has 0 aliphatic heterocycles. The van der Waals surface area contributed by atoms with E-state index in [-0.39, 0.29) is 12.1 Å². The minimum atomic E-state index is -0.203. The molecule has 0 aliphatic carbocycles. The molecule has 1 aromatic carbocycles. The van der Waals surface area contributed by atoms with Gasteiger partial charge in [0.2, 0.25) is 0 Å². The van der Waals surface area contributed by atoms with Gasteiger partial charge < -0.3 is 0 Å². The third-order valence-corrected chi connectivity index (χ3v) is 4.68. The normalized spacial score (nSPS) is 12.0. The van der Waals surface area contributed by atoms with E-state index < -0.39 is 0 Å². The van der Waals surface area contributed by atoms with Crippen molar-refractivity contribution in [3.05, 3.63) is 68.6 Å². The number of aromatic nitrogens is 6. The molecule has 0 aliphatic rings. The molecule has 4 aromatic rings. The summed E-state index contributed by atoms with van der Waals surface area (Å²) in [5, 5.41) is 14.7. The van der Waals surface area contributed by atoms with Gasteiger partial charge in [-0.15, -0.1) is 5.10 Å². The average Bonchev–Trinajstić information content (AvgIpc) is 3.13. The van der Waals surface area contributed by atoms with E-state index in [0.717, 1.165) is 0 Å². The van der Waals surface area contributed by atoms with E-state index >= 15 is 0 Å². The molecule has 8 nitrogen and oxygen atoms in total. The van der Waals surface area contributed by atoms with Crippen molar-refractivity contribution in [1.29, 1.82) is 0 Å². The molecule has 0 saturated heterocycles. The summed E-state index contributed by atoms with van der Waals surface area (Å²) in [5.74, 6) is 0.463. The summed E-state index contributed by atoms with van der Waals surface area (Å²) in [6.07, 6.45) is 1.65. The highest BCUT2D eigenvalue weighted by molar-refractivity contribution is 7.15. The SMILES string of the molecule is O=c1c2cccnc2s/c(=N\c2ccc(Cl)cc2)n1Cc1nnn[nH]1. The zero-order valence-corrected chi connectivity index (χ0v) is 14.2. The highest BCUT2D eigenvalue weighted by atomic mass is 35.5. The number of pyridine rings is 1. The third-order valence-electron chi connectivity index (χ3n) is 3.41. The van der Waals surface area contributed by atoms with Crippen LogP contribution in [-0.2, 0) is 6.54 Å². The second kappa shape index (κ2) is 6.54. The van der Waals surface area contributed by atoms with Crippen molar-refractivity contribution >= 4 is 38.8 Å². The Morgan fingerprint density at radius 3 is 2.84 bits per heavy atom. The highest BCUT2D eigenvalue weighted by Crippen LogP contribution is 2.16. The molecule has 0 spiro atoms. The van der Waals surface area contributed by atoms with E-state index in [1.54, 1.807) is 42.6 Å². The number of hydrogen-bond acceptors (Lipinski definition) is 7. The number of tetrazole rings is 1. The second-order valence-electron chi connectivity index (χ2n) is 5.07. The van der Waals surface area contributed by atoms with Crippen LogP contribution in [0.1, 0.15) is 5.82 Å². The lowest BCUT2D eigenvalue weighted by Crippen LogP contribution is -2.32. The average molecular weight is 372 g/mol. The van der Waals surface area contributed by atoms with Crippen LogP contribution in [0.15, 0.2) is 52.4 Å². The van der Waals surface area contributed by atoms with Crippen molar-refractivity contribution < 1.29 is 0 Å². The van der Waals surface area contributed by atoms with E-state index in [1.807, 2.05) is 0 Å². The lowest BCUT2D eigenvalue weighted by molar-refractivity contribution is 0.700. The molecule has 0 fully saturated rings. The maximum absolute atomic E-state index is 12.9. The summed E-state index contributed by atoms with van der Waals surface area (Å²) >= 11 is 7.23. The summed E-state index contributed by atoms with van der Waals surface area (Å²) in [6.45, 7) is 0.180. The molecule has 25 heavy (non-hydrogen) atoms. The van der Waals surface area contributed by atoms with E-state index in [0.29, 0.717) is 31.6 Å². The number of fused-ring (bicyclic) bond motifs is 1. The molecule has 0 amide bonds. The first-order valence-corrected chi connectivity index (χ1v) is 8.42. The monoisotopic (exact) mass is 371 g/mol. The Hall–Kier alpha value is -2.91. The molecule has 0 bridgehead atoms. The van der Waals surface area contributed by atoms with Crippen LogP contribution in [0.4, 0.5) is 5.69 Å². The number of benzene rings is 1. The summed E-state index contributed by atoms with van der Waals surface area (Å²) in [4.78, 5) is 22.8. The largest absolute Gasteiger partial charge is 0.276 e. The molecule has 3 heterocycles. The van der Waals surface area contributed by atoms with Gasteiger partial charge in [-0.05, 0) is 46.8 Å². The summed E-state index contributed by atoms with van der Waals surface area (Å²) < 4.78 is 1.52. The first-order valence-electron chi connectivity index (χ1n) is 7.22. The molecule has 3 aromatic heterocycles. The number of H-pyrrole nitrogens is 1. The fourth-order valence-electron chi connectivity index (χ4n) is 2.25. The Balaban J connectivity index is 1.97. The van der Waals surface area contributed by atoms with Crippen LogP contribution in [0, 0.1) is 0 Å². The standard InChI is InChI=1S/C15H10ClN7OS/c16-9-3-5-10(6-4-9)18-15-23(8-12-19-21-22-20-12)14(24)11-2-1-7-17-13(11)25-15/h1-7H,8H2,(H,19,20,21,22)/b18-15-. The molecule has 0 radical (unpaired) electrons. The molecular formula is C15H10ClN7OS. The second-order valence-corrected chi connectivity index (χ2v) is 6.46. The van der Waals surface area contributed by atoms with Gasteiger partial charge in [0.25, 0.3) is 5.56 Å². The minimum Gasteiger partial charge on any atom is -0.276 e. The van der Waals surface area contributed by atoms with E-state index in [4.69, 9.17) is 11.6 Å². The van der Waals surface area contributed by atoms with Crippen LogP contribution < -0.4 is 10.4 Å². The van der Waals surface area contributed by atoms with Crippen molar-refractivity contribution in [2.75, 3.05) is 0 Å². The van der Waals surface area contributed by atoms with Gasteiger partial charge in [0.15, 0.2) is 10.6 Å². The van der Waals surface area contributed by atoms with Crippen LogP contribution in [0.3, 0.4) is 0 Å². The van der Waals surface area contributed by atoms with Gasteiger partial charge in [0.05, 0.1) is 17.6 Å². The molecule has 0 saturated carbocycles. The van der Waals surface area contributed by atoms with Gasteiger partial charge in [-0.3, -0.25) is 9.36 Å². The first-order chi connectivity index (χ1) is 12.2. The number of halogens is 1. The predicted molar refractivity (Wildman–Crippen MR) is 93.8 cm³/mol. The molecule has 4 rings (SSSR count). The minimum absolute atomic E-state index is 0.180. The summed E-state index contributed by atoms with van der Waals surface area (Å²) in [7, 11) is 0. The maximum atomic E-state index is 12.9. The number of nitrogens with one attached hydrogen (secondary N) is 1. The van der Waals surface area contributed by atoms with Gasteiger partial charge in [-0.1, -0.05) is 22.9 Å². The van der Waals surface area contributed by atoms with Crippen LogP contribution in [0.5, 0.6) is 0 Å². The quantitative estimate of drug-likeness (QED) is 0.592. The molecule has 1 N–H and O–H groups in total. The molecule has 0 atom stereocenters. The zero-order chi connectivity index (χ0) is 17.2. The van der Waals surface area contributed by atoms with Gasteiger partial charge in [0.1, 0.15) is 4.83 Å². The Morgan fingerprint density at radius 2 is 2.08 bits per heavy atom. The van der Waals surface area contributed by atoms with Crippen LogP contribution in [0.25, 0.3) is 10.2 Å². The van der Waals surface area contributed by atoms with Gasteiger partial charge in [0, 0.05) is 11.2 Å². The summed E-state index contributed by atoms with van der Waals surface area (Å²) in [6, 6.07) is 10.5. The van der Waals surface area contributed by atoms with Crippen molar-refractivity contribution in [3.8, 4) is 0 Å². The zero-order valence-electron chi connectivity index (χ0n) is 12.6. The Labute approximate surface area is 149 Å². The fraction of sp³-hybridized carbons (Fsp3) is 0.0667. The van der Waals surface area contributed by atoms with Crippen molar-refractivity contribution in [2.24, 2.45) is 4.99 Å². The van der Waals surface area contributed by atoms with Crippen LogP contribution >= 0.6 is 22.9 Å². The Kier molecular flexibility index (Phi) is 4.08. The Bertz CT molecular complexity index is 1150. The number of hydrogen-bond donors (Lipinski definition) is 1. The predicted octanol–water partition coefficient (Wildman–Crippen LogP) is 1.91. The number of rotatable bonds is 3. The maximum Gasteiger partial charge on any atom is 0.263 e. The van der Waals surface area contributed by atoms with Crippen LogP contribution in [0.2, 0.25) is 5.02 Å². The van der Waals surface area contributed by atoms with E-state index in [2.05, 4.69) is 30.6 Å². The van der Waals surface area contributed by atoms with Gasteiger partial charge in [-0.2, -0.15) is 0 Å². The fourth-order valence-corrected chi connectivity index (χ4v) is 3.34. The topological polar surface area (TPSA) is 102 Å². The lowest BCUT2D eigenvalue weighted by atomic mass is 10.3. The summed E-state index contributed by atoms with van der Waals surface area (Å²) in [5.41, 5.74) is 0.478. The molecule has 0 unspecified atom stereocenters. The van der Waals surface area contributed by atoms with E-state index in [9.17, 15) is 4.79 Å². The lowest BCUT2D eigenvalue weighted by Gasteiger charge is -2.05. The third kappa shape index (κ3) is 3.19. The molecular weight excluding hydrogens is 362 g/mol. The van der Waals surface area contributed by atoms with Crippen molar-refractivity contribution in [1.82, 2.24) is 30.2 Å². The van der Waals surface area contributed by atoms with Crippen LogP contribution in [-0.4, -0.2) is 30.2 Å².